The standard InChI is InChI=1S/C22H17N3O/c1-2-23-21-18-15-17(11-10-16-7-4-3-5-8-16)12-13-19(18)24-22(25-21)20-9-6-14-26-20/h3-9,12-15H,2H2,1H3,(H,23,24,25). The van der Waals surface area contributed by atoms with Gasteiger partial charge < -0.3 is 9.73 Å². The maximum Gasteiger partial charge on any atom is 0.198 e. The lowest BCUT2D eigenvalue weighted by Gasteiger charge is -2.09. The van der Waals surface area contributed by atoms with Gasteiger partial charge in [0.1, 0.15) is 5.82 Å². The molecule has 126 valence electrons. The quantitative estimate of drug-likeness (QED) is 0.549. The molecule has 0 aliphatic carbocycles. The Hall–Kier alpha value is -3.58. The van der Waals surface area contributed by atoms with Crippen LogP contribution in [0.2, 0.25) is 0 Å². The van der Waals surface area contributed by atoms with E-state index < -0.39 is 0 Å². The first-order valence-electron chi connectivity index (χ1n) is 8.50. The fourth-order valence-electron chi connectivity index (χ4n) is 2.69. The second kappa shape index (κ2) is 7.12. The van der Waals surface area contributed by atoms with Gasteiger partial charge in [0.25, 0.3) is 0 Å². The number of nitrogens with one attached hydrogen (secondary N) is 1. The molecule has 26 heavy (non-hydrogen) atoms. The van der Waals surface area contributed by atoms with Crippen LogP contribution in [0.5, 0.6) is 0 Å². The molecule has 4 rings (SSSR count). The monoisotopic (exact) mass is 339 g/mol. The van der Waals surface area contributed by atoms with Crippen molar-refractivity contribution in [3.63, 3.8) is 0 Å². The number of furan rings is 1. The lowest BCUT2D eigenvalue weighted by atomic mass is 10.1. The van der Waals surface area contributed by atoms with Crippen LogP contribution in [0.4, 0.5) is 5.82 Å². The van der Waals surface area contributed by atoms with Crippen LogP contribution in [0, 0.1) is 11.8 Å². The first-order chi connectivity index (χ1) is 12.8. The predicted octanol–water partition coefficient (Wildman–Crippen LogP) is 4.72. The number of hydrogen-bond donors (Lipinski definition) is 1. The summed E-state index contributed by atoms with van der Waals surface area (Å²) in [5.74, 6) is 8.40. The Morgan fingerprint density at radius 1 is 0.923 bits per heavy atom. The highest BCUT2D eigenvalue weighted by Crippen LogP contribution is 2.26. The molecule has 0 radical (unpaired) electrons. The lowest BCUT2D eigenvalue weighted by Crippen LogP contribution is -2.03. The molecule has 0 saturated carbocycles. The summed E-state index contributed by atoms with van der Waals surface area (Å²) in [4.78, 5) is 9.26. The van der Waals surface area contributed by atoms with Gasteiger partial charge in [-0.3, -0.25) is 0 Å². The van der Waals surface area contributed by atoms with E-state index in [9.17, 15) is 0 Å². The van der Waals surface area contributed by atoms with Crippen LogP contribution in [0.1, 0.15) is 18.1 Å². The molecule has 2 aromatic heterocycles. The lowest BCUT2D eigenvalue weighted by molar-refractivity contribution is 0.577. The zero-order chi connectivity index (χ0) is 17.8. The average molecular weight is 339 g/mol. The van der Waals surface area contributed by atoms with E-state index in [-0.39, 0.29) is 0 Å². The summed E-state index contributed by atoms with van der Waals surface area (Å²) in [6, 6.07) is 19.6. The zero-order valence-corrected chi connectivity index (χ0v) is 14.4. The minimum absolute atomic E-state index is 0.571. The molecule has 0 amide bonds. The maximum atomic E-state index is 5.44. The van der Waals surface area contributed by atoms with Crippen LogP contribution in [0.3, 0.4) is 0 Å². The van der Waals surface area contributed by atoms with Crippen molar-refractivity contribution in [3.05, 3.63) is 78.1 Å². The van der Waals surface area contributed by atoms with E-state index >= 15 is 0 Å². The summed E-state index contributed by atoms with van der Waals surface area (Å²) in [7, 11) is 0. The van der Waals surface area contributed by atoms with Crippen molar-refractivity contribution in [3.8, 4) is 23.4 Å². The average Bonchev–Trinajstić information content (AvgIpc) is 3.22. The molecule has 4 nitrogen and oxygen atoms in total. The largest absolute Gasteiger partial charge is 0.461 e. The van der Waals surface area contributed by atoms with Gasteiger partial charge in [-0.15, -0.1) is 0 Å². The zero-order valence-electron chi connectivity index (χ0n) is 14.4. The molecule has 0 aliphatic rings. The van der Waals surface area contributed by atoms with Crippen molar-refractivity contribution in [2.75, 3.05) is 11.9 Å². The molecule has 0 spiro atoms. The van der Waals surface area contributed by atoms with Gasteiger partial charge >= 0.3 is 0 Å². The highest BCUT2D eigenvalue weighted by atomic mass is 16.3. The van der Waals surface area contributed by atoms with Crippen molar-refractivity contribution in [1.82, 2.24) is 9.97 Å². The molecule has 0 saturated heterocycles. The van der Waals surface area contributed by atoms with Crippen molar-refractivity contribution < 1.29 is 4.42 Å². The molecular formula is C22H17N3O. The van der Waals surface area contributed by atoms with E-state index in [2.05, 4.69) is 27.1 Å². The van der Waals surface area contributed by atoms with E-state index in [1.165, 1.54) is 0 Å². The van der Waals surface area contributed by atoms with Gasteiger partial charge in [0.15, 0.2) is 11.6 Å². The van der Waals surface area contributed by atoms with E-state index in [1.54, 1.807) is 6.26 Å². The van der Waals surface area contributed by atoms with Gasteiger partial charge in [-0.1, -0.05) is 30.0 Å². The van der Waals surface area contributed by atoms with Crippen LogP contribution in [-0.4, -0.2) is 16.5 Å². The van der Waals surface area contributed by atoms with Gasteiger partial charge in [0.2, 0.25) is 0 Å². The summed E-state index contributed by atoms with van der Waals surface area (Å²) in [6.07, 6.45) is 1.62. The molecular weight excluding hydrogens is 322 g/mol. The summed E-state index contributed by atoms with van der Waals surface area (Å²) in [5.41, 5.74) is 2.77. The second-order valence-electron chi connectivity index (χ2n) is 5.75. The first kappa shape index (κ1) is 15.9. The third-order valence-corrected chi connectivity index (χ3v) is 3.91. The molecule has 0 atom stereocenters. The summed E-state index contributed by atoms with van der Waals surface area (Å²) in [5, 5.41) is 4.26. The van der Waals surface area contributed by atoms with E-state index in [4.69, 9.17) is 4.42 Å². The molecule has 1 N–H and O–H groups in total. The Bertz CT molecular complexity index is 1090. The summed E-state index contributed by atoms with van der Waals surface area (Å²) in [6.45, 7) is 2.81. The Morgan fingerprint density at radius 3 is 2.54 bits per heavy atom. The van der Waals surface area contributed by atoms with Crippen LogP contribution in [0.15, 0.2) is 71.3 Å². The fourth-order valence-corrected chi connectivity index (χ4v) is 2.69. The maximum absolute atomic E-state index is 5.44. The van der Waals surface area contributed by atoms with E-state index in [1.807, 2.05) is 67.6 Å². The van der Waals surface area contributed by atoms with Gasteiger partial charge in [-0.25, -0.2) is 9.97 Å². The molecule has 0 aliphatic heterocycles. The number of aromatic nitrogens is 2. The van der Waals surface area contributed by atoms with Crippen LogP contribution in [0.25, 0.3) is 22.5 Å². The molecule has 0 fully saturated rings. The minimum Gasteiger partial charge on any atom is -0.461 e. The Kier molecular flexibility index (Phi) is 4.36. The number of fused-ring (bicyclic) bond motifs is 1. The third kappa shape index (κ3) is 3.28. The van der Waals surface area contributed by atoms with Crippen molar-refractivity contribution in [1.29, 1.82) is 0 Å². The van der Waals surface area contributed by atoms with Crippen LogP contribution >= 0.6 is 0 Å². The Balaban J connectivity index is 1.79. The highest BCUT2D eigenvalue weighted by molar-refractivity contribution is 5.91. The number of rotatable bonds is 3. The smallest absolute Gasteiger partial charge is 0.198 e. The first-order valence-corrected chi connectivity index (χ1v) is 8.50. The molecule has 4 aromatic rings. The van der Waals surface area contributed by atoms with Gasteiger partial charge in [-0.2, -0.15) is 0 Å². The normalized spacial score (nSPS) is 10.3. The predicted molar refractivity (Wildman–Crippen MR) is 104 cm³/mol. The molecule has 2 aromatic carbocycles. The summed E-state index contributed by atoms with van der Waals surface area (Å²) < 4.78 is 5.44. The number of benzene rings is 2. The van der Waals surface area contributed by atoms with Crippen molar-refractivity contribution in [2.45, 2.75) is 6.92 Å². The van der Waals surface area contributed by atoms with Gasteiger partial charge in [0.05, 0.1) is 11.8 Å². The molecule has 0 bridgehead atoms. The van der Waals surface area contributed by atoms with E-state index in [0.29, 0.717) is 11.6 Å². The van der Waals surface area contributed by atoms with Crippen molar-refractivity contribution >= 4 is 16.7 Å². The van der Waals surface area contributed by atoms with Crippen LogP contribution in [-0.2, 0) is 0 Å². The second-order valence-corrected chi connectivity index (χ2v) is 5.75. The highest BCUT2D eigenvalue weighted by Gasteiger charge is 2.11. The van der Waals surface area contributed by atoms with E-state index in [0.717, 1.165) is 34.4 Å². The minimum atomic E-state index is 0.571. The number of hydrogen-bond acceptors (Lipinski definition) is 4. The number of anilines is 1. The van der Waals surface area contributed by atoms with Gasteiger partial charge in [0, 0.05) is 23.1 Å². The Labute approximate surface area is 151 Å². The molecule has 0 unspecified atom stereocenters. The van der Waals surface area contributed by atoms with Gasteiger partial charge in [-0.05, 0) is 49.4 Å². The topological polar surface area (TPSA) is 51.0 Å². The Morgan fingerprint density at radius 2 is 1.77 bits per heavy atom. The third-order valence-electron chi connectivity index (χ3n) is 3.91. The number of nitrogens with zero attached hydrogens (tertiary/aromatic N) is 2. The molecule has 4 heteroatoms. The SMILES string of the molecule is CCNc1nc(-c2ccco2)nc2ccc(C#Cc3ccccc3)cc12. The fraction of sp³-hybridized carbons (Fsp3) is 0.0909. The van der Waals surface area contributed by atoms with Crippen LogP contribution < -0.4 is 5.32 Å². The summed E-state index contributed by atoms with van der Waals surface area (Å²) >= 11 is 0. The van der Waals surface area contributed by atoms with Crippen molar-refractivity contribution in [2.24, 2.45) is 0 Å². The molecule has 2 heterocycles.